The van der Waals surface area contributed by atoms with Crippen molar-refractivity contribution in [3.63, 3.8) is 0 Å². The molecule has 0 aliphatic heterocycles. The van der Waals surface area contributed by atoms with Gasteiger partial charge >= 0.3 is 0 Å². The molecule has 2 aromatic carbocycles. The van der Waals surface area contributed by atoms with E-state index < -0.39 is 0 Å². The highest BCUT2D eigenvalue weighted by Gasteiger charge is 2.12. The number of methoxy groups -OCH3 is 1. The number of rotatable bonds is 8. The fraction of sp³-hybridized carbons (Fsp3) is 0.217. The van der Waals surface area contributed by atoms with Crippen molar-refractivity contribution in [1.29, 1.82) is 0 Å². The molecule has 1 amide bonds. The van der Waals surface area contributed by atoms with Crippen molar-refractivity contribution in [2.45, 2.75) is 0 Å². The number of ether oxygens (including phenoxy) is 2. The van der Waals surface area contributed by atoms with Gasteiger partial charge in [-0.2, -0.15) is 4.52 Å². The average molecular weight is 432 g/mol. The molecule has 0 atom stereocenters. The van der Waals surface area contributed by atoms with E-state index >= 15 is 0 Å². The number of anilines is 1. The van der Waals surface area contributed by atoms with Crippen LogP contribution in [-0.2, 0) is 0 Å². The maximum absolute atomic E-state index is 12.4. The number of amides is 1. The molecule has 0 aliphatic rings. The molecule has 2 aromatic heterocycles. The number of nitrogens with zero attached hydrogens (tertiary/aromatic N) is 5. The van der Waals surface area contributed by atoms with Crippen LogP contribution in [0.1, 0.15) is 10.4 Å². The van der Waals surface area contributed by atoms with E-state index in [1.807, 2.05) is 61.5 Å². The van der Waals surface area contributed by atoms with Crippen molar-refractivity contribution >= 4 is 17.2 Å². The molecule has 1 N–H and O–H groups in total. The van der Waals surface area contributed by atoms with Gasteiger partial charge in [0.05, 0.1) is 13.7 Å². The Balaban J connectivity index is 1.39. The van der Waals surface area contributed by atoms with Crippen molar-refractivity contribution in [1.82, 2.24) is 25.1 Å². The van der Waals surface area contributed by atoms with E-state index in [9.17, 15) is 4.79 Å². The van der Waals surface area contributed by atoms with Crippen molar-refractivity contribution in [2.75, 3.05) is 39.3 Å². The Morgan fingerprint density at radius 3 is 2.72 bits per heavy atom. The van der Waals surface area contributed by atoms with Gasteiger partial charge in [-0.25, -0.2) is 0 Å². The second kappa shape index (κ2) is 9.34. The average Bonchev–Trinajstić information content (AvgIpc) is 3.25. The summed E-state index contributed by atoms with van der Waals surface area (Å²) in [4.78, 5) is 14.3. The largest absolute Gasteiger partial charge is 0.497 e. The van der Waals surface area contributed by atoms with Crippen LogP contribution >= 0.6 is 0 Å². The molecule has 4 aromatic rings. The van der Waals surface area contributed by atoms with E-state index in [-0.39, 0.29) is 12.5 Å². The maximum atomic E-state index is 12.4. The van der Waals surface area contributed by atoms with E-state index in [4.69, 9.17) is 9.47 Å². The zero-order valence-corrected chi connectivity index (χ0v) is 18.1. The molecule has 0 unspecified atom stereocenters. The zero-order valence-electron chi connectivity index (χ0n) is 18.1. The molecule has 0 spiro atoms. The third-order valence-corrected chi connectivity index (χ3v) is 4.83. The molecule has 164 valence electrons. The molecule has 0 saturated heterocycles. The highest BCUT2D eigenvalue weighted by Crippen LogP contribution is 2.23. The van der Waals surface area contributed by atoms with Crippen LogP contribution in [0, 0.1) is 0 Å². The summed E-state index contributed by atoms with van der Waals surface area (Å²) >= 11 is 0. The number of benzene rings is 2. The first-order valence-electron chi connectivity index (χ1n) is 10.1. The number of nitrogens with one attached hydrogen (secondary N) is 1. The van der Waals surface area contributed by atoms with Gasteiger partial charge in [0.25, 0.3) is 5.91 Å². The van der Waals surface area contributed by atoms with Crippen molar-refractivity contribution < 1.29 is 14.3 Å². The molecule has 32 heavy (non-hydrogen) atoms. The molecular weight excluding hydrogens is 408 g/mol. The summed E-state index contributed by atoms with van der Waals surface area (Å²) in [6.07, 6.45) is 0. The van der Waals surface area contributed by atoms with Crippen molar-refractivity contribution in [3.05, 3.63) is 66.2 Å². The monoisotopic (exact) mass is 432 g/mol. The summed E-state index contributed by atoms with van der Waals surface area (Å²) < 4.78 is 12.6. The fourth-order valence-corrected chi connectivity index (χ4v) is 3.14. The minimum atomic E-state index is -0.153. The molecule has 2 heterocycles. The Hall–Kier alpha value is -4.14. The molecule has 0 bridgehead atoms. The number of hydrogen-bond acceptors (Lipinski definition) is 7. The van der Waals surface area contributed by atoms with E-state index in [1.165, 1.54) is 0 Å². The summed E-state index contributed by atoms with van der Waals surface area (Å²) in [6, 6.07) is 18.5. The highest BCUT2D eigenvalue weighted by atomic mass is 16.5. The second-order valence-electron chi connectivity index (χ2n) is 7.25. The van der Waals surface area contributed by atoms with Gasteiger partial charge in [-0.3, -0.25) is 4.79 Å². The van der Waals surface area contributed by atoms with Gasteiger partial charge in [0.1, 0.15) is 12.4 Å². The zero-order chi connectivity index (χ0) is 22.5. The highest BCUT2D eigenvalue weighted by molar-refractivity contribution is 5.95. The summed E-state index contributed by atoms with van der Waals surface area (Å²) in [5.41, 5.74) is 2.99. The van der Waals surface area contributed by atoms with E-state index in [1.54, 1.807) is 29.8 Å². The summed E-state index contributed by atoms with van der Waals surface area (Å²) in [5.74, 6) is 1.56. The fourth-order valence-electron chi connectivity index (χ4n) is 3.14. The lowest BCUT2D eigenvalue weighted by Gasteiger charge is -2.13. The molecule has 9 heteroatoms. The van der Waals surface area contributed by atoms with Crippen LogP contribution in [0.15, 0.2) is 60.7 Å². The minimum Gasteiger partial charge on any atom is -0.497 e. The predicted molar refractivity (Wildman–Crippen MR) is 121 cm³/mol. The van der Waals surface area contributed by atoms with Crippen LogP contribution in [0.4, 0.5) is 5.69 Å². The number of hydrogen-bond donors (Lipinski definition) is 1. The Bertz CT molecular complexity index is 1240. The third kappa shape index (κ3) is 4.61. The predicted octanol–water partition coefficient (Wildman–Crippen LogP) is 2.67. The van der Waals surface area contributed by atoms with Gasteiger partial charge in [0.2, 0.25) is 5.88 Å². The van der Waals surface area contributed by atoms with Crippen LogP contribution in [0.2, 0.25) is 0 Å². The first-order chi connectivity index (χ1) is 15.5. The van der Waals surface area contributed by atoms with E-state index in [0.717, 1.165) is 17.0 Å². The Morgan fingerprint density at radius 2 is 1.91 bits per heavy atom. The Morgan fingerprint density at radius 1 is 1.06 bits per heavy atom. The van der Waals surface area contributed by atoms with Crippen molar-refractivity contribution in [2.24, 2.45) is 0 Å². The summed E-state index contributed by atoms with van der Waals surface area (Å²) in [7, 11) is 5.48. The number of fused-ring (bicyclic) bond motifs is 1. The number of carbonyl (C=O) groups excluding carboxylic acids is 1. The van der Waals surface area contributed by atoms with Crippen LogP contribution in [0.3, 0.4) is 0 Å². The molecule has 4 rings (SSSR count). The van der Waals surface area contributed by atoms with Crippen LogP contribution < -0.4 is 19.7 Å². The maximum Gasteiger partial charge on any atom is 0.251 e. The summed E-state index contributed by atoms with van der Waals surface area (Å²) in [5, 5.41) is 15.7. The molecular formula is C23H24N6O3. The van der Waals surface area contributed by atoms with Gasteiger partial charge in [0.15, 0.2) is 11.5 Å². The van der Waals surface area contributed by atoms with Gasteiger partial charge in [0, 0.05) is 37.0 Å². The molecule has 0 saturated carbocycles. The lowest BCUT2D eigenvalue weighted by Crippen LogP contribution is -2.28. The third-order valence-electron chi connectivity index (χ3n) is 4.83. The van der Waals surface area contributed by atoms with Gasteiger partial charge < -0.3 is 19.7 Å². The normalized spacial score (nSPS) is 10.7. The van der Waals surface area contributed by atoms with E-state index in [2.05, 4.69) is 20.6 Å². The standard InChI is InChI=1S/C23H24N6O3/c1-28(2)18-8-4-7-17(14-18)23(30)24-12-13-32-21-11-10-20-25-26-22(29(20)27-21)16-6-5-9-19(15-16)31-3/h4-11,14-15H,12-13H2,1-3H3,(H,24,30). The van der Waals surface area contributed by atoms with Crippen molar-refractivity contribution in [3.8, 4) is 23.0 Å². The van der Waals surface area contributed by atoms with Crippen LogP contribution in [0.5, 0.6) is 11.6 Å². The van der Waals surface area contributed by atoms with Crippen LogP contribution in [0.25, 0.3) is 17.0 Å². The molecule has 0 aliphatic carbocycles. The molecule has 0 radical (unpaired) electrons. The second-order valence-corrected chi connectivity index (χ2v) is 7.25. The topological polar surface area (TPSA) is 93.9 Å². The van der Waals surface area contributed by atoms with Crippen LogP contribution in [-0.4, -0.2) is 60.1 Å². The molecule has 0 fully saturated rings. The summed E-state index contributed by atoms with van der Waals surface area (Å²) in [6.45, 7) is 0.615. The smallest absolute Gasteiger partial charge is 0.251 e. The number of aromatic nitrogens is 4. The lowest BCUT2D eigenvalue weighted by molar-refractivity contribution is 0.0946. The Labute approximate surface area is 185 Å². The van der Waals surface area contributed by atoms with Gasteiger partial charge in [-0.1, -0.05) is 18.2 Å². The first-order valence-corrected chi connectivity index (χ1v) is 10.1. The van der Waals surface area contributed by atoms with E-state index in [0.29, 0.717) is 29.5 Å². The molecule has 9 nitrogen and oxygen atoms in total. The van der Waals surface area contributed by atoms with Gasteiger partial charge in [-0.15, -0.1) is 15.3 Å². The minimum absolute atomic E-state index is 0.153. The Kier molecular flexibility index (Phi) is 6.16. The number of carbonyl (C=O) groups is 1. The first kappa shape index (κ1) is 21.1. The lowest BCUT2D eigenvalue weighted by atomic mass is 10.2. The van der Waals surface area contributed by atoms with Gasteiger partial charge in [-0.05, 0) is 36.4 Å². The quantitative estimate of drug-likeness (QED) is 0.428. The SMILES string of the molecule is COc1cccc(-c2nnc3ccc(OCCNC(=O)c4cccc(N(C)C)c4)nn23)c1.